The second kappa shape index (κ2) is 9.70. The maximum atomic E-state index is 12.9. The Morgan fingerprint density at radius 2 is 1.81 bits per heavy atom. The molecule has 0 bridgehead atoms. The summed E-state index contributed by atoms with van der Waals surface area (Å²) in [4.78, 5) is 3.75. The van der Waals surface area contributed by atoms with Gasteiger partial charge >= 0.3 is 0 Å². The van der Waals surface area contributed by atoms with Gasteiger partial charge < -0.3 is 4.74 Å². The number of hydrogen-bond donors (Lipinski definition) is 0. The van der Waals surface area contributed by atoms with Crippen molar-refractivity contribution in [1.82, 2.24) is 4.98 Å². The first-order chi connectivity index (χ1) is 12.7. The molecule has 0 spiro atoms. The van der Waals surface area contributed by atoms with Crippen LogP contribution in [0.2, 0.25) is 0 Å². The van der Waals surface area contributed by atoms with Crippen LogP contribution in [-0.2, 0) is 6.42 Å². The van der Waals surface area contributed by atoms with E-state index in [4.69, 9.17) is 4.74 Å². The third-order valence-electron chi connectivity index (χ3n) is 5.59. The Morgan fingerprint density at radius 1 is 1.04 bits per heavy atom. The van der Waals surface area contributed by atoms with Gasteiger partial charge in [-0.05, 0) is 86.1 Å². The Bertz CT molecular complexity index is 645. The predicted molar refractivity (Wildman–Crippen MR) is 104 cm³/mol. The Labute approximate surface area is 156 Å². The molecule has 0 amide bonds. The molecule has 0 radical (unpaired) electrons. The maximum Gasteiger partial charge on any atom is 0.212 e. The normalized spacial score (nSPS) is 20.1. The lowest BCUT2D eigenvalue weighted by atomic mass is 9.77. The van der Waals surface area contributed by atoms with Crippen LogP contribution in [0.25, 0.3) is 0 Å². The number of nitrogens with zero attached hydrogens (tertiary/aromatic N) is 1. The summed E-state index contributed by atoms with van der Waals surface area (Å²) >= 11 is 0. The summed E-state index contributed by atoms with van der Waals surface area (Å²) in [5.41, 5.74) is 2.60. The molecule has 0 aliphatic heterocycles. The average molecular weight is 355 g/mol. The number of unbranched alkanes of at least 4 members (excludes halogenated alkanes) is 1. The number of benzene rings is 1. The van der Waals surface area contributed by atoms with Gasteiger partial charge in [0.2, 0.25) is 5.95 Å². The fourth-order valence-corrected chi connectivity index (χ4v) is 3.88. The van der Waals surface area contributed by atoms with Crippen LogP contribution in [0.4, 0.5) is 4.39 Å². The number of aromatic nitrogens is 1. The highest BCUT2D eigenvalue weighted by atomic mass is 19.1. The van der Waals surface area contributed by atoms with Gasteiger partial charge in [-0.1, -0.05) is 31.5 Å². The molecule has 1 heterocycles. The molecule has 0 atom stereocenters. The van der Waals surface area contributed by atoms with E-state index in [1.807, 2.05) is 6.07 Å². The van der Waals surface area contributed by atoms with Crippen molar-refractivity contribution in [3.8, 4) is 5.75 Å². The minimum absolute atomic E-state index is 0.393. The van der Waals surface area contributed by atoms with Gasteiger partial charge in [-0.3, -0.25) is 0 Å². The van der Waals surface area contributed by atoms with Crippen LogP contribution in [0.15, 0.2) is 42.6 Å². The molecule has 140 valence electrons. The number of rotatable bonds is 8. The average Bonchev–Trinajstić information content (AvgIpc) is 2.69. The van der Waals surface area contributed by atoms with Crippen molar-refractivity contribution in [1.29, 1.82) is 0 Å². The third-order valence-corrected chi connectivity index (χ3v) is 5.59. The molecule has 1 saturated carbocycles. The molecule has 3 rings (SSSR count). The maximum absolute atomic E-state index is 12.9. The van der Waals surface area contributed by atoms with E-state index in [-0.39, 0.29) is 0 Å². The van der Waals surface area contributed by atoms with Gasteiger partial charge in [-0.15, -0.1) is 0 Å². The topological polar surface area (TPSA) is 22.1 Å². The number of aryl methyl sites for hydroxylation is 1. The Morgan fingerprint density at radius 3 is 2.46 bits per heavy atom. The second-order valence-electron chi connectivity index (χ2n) is 7.52. The summed E-state index contributed by atoms with van der Waals surface area (Å²) in [7, 11) is 0. The van der Waals surface area contributed by atoms with E-state index in [0.29, 0.717) is 5.92 Å². The van der Waals surface area contributed by atoms with Gasteiger partial charge in [-0.25, -0.2) is 4.98 Å². The van der Waals surface area contributed by atoms with Crippen LogP contribution < -0.4 is 4.74 Å². The second-order valence-corrected chi connectivity index (χ2v) is 7.52. The monoisotopic (exact) mass is 355 g/mol. The minimum atomic E-state index is -0.393. The van der Waals surface area contributed by atoms with Crippen LogP contribution in [0.1, 0.15) is 68.9 Å². The summed E-state index contributed by atoms with van der Waals surface area (Å²) in [6.07, 6.45) is 11.2. The smallest absolute Gasteiger partial charge is 0.212 e. The van der Waals surface area contributed by atoms with Crippen molar-refractivity contribution in [2.45, 2.75) is 64.2 Å². The quantitative estimate of drug-likeness (QED) is 0.409. The summed E-state index contributed by atoms with van der Waals surface area (Å²) in [5, 5.41) is 0. The van der Waals surface area contributed by atoms with Crippen LogP contribution in [0.3, 0.4) is 0 Å². The van der Waals surface area contributed by atoms with E-state index < -0.39 is 5.95 Å². The Kier molecular flexibility index (Phi) is 7.04. The molecule has 1 aromatic heterocycles. The van der Waals surface area contributed by atoms with Crippen LogP contribution in [0, 0.1) is 11.9 Å². The molecule has 1 fully saturated rings. The number of pyridine rings is 1. The Balaban J connectivity index is 1.42. The molecule has 2 nitrogen and oxygen atoms in total. The molecule has 0 saturated heterocycles. The molecular weight excluding hydrogens is 325 g/mol. The predicted octanol–water partition coefficient (Wildman–Crippen LogP) is 6.31. The van der Waals surface area contributed by atoms with E-state index in [1.165, 1.54) is 50.2 Å². The lowest BCUT2D eigenvalue weighted by molar-refractivity contribution is 0.305. The lowest BCUT2D eigenvalue weighted by Crippen LogP contribution is -2.14. The third kappa shape index (κ3) is 5.55. The van der Waals surface area contributed by atoms with E-state index in [2.05, 4.69) is 36.2 Å². The highest BCUT2D eigenvalue weighted by molar-refractivity contribution is 5.29. The standard InChI is InChI=1S/C23H30FNO/c1-2-3-16-26-22-13-11-21(12-14-22)20-9-6-18(7-10-20)4-5-19-8-15-23(24)25-17-19/h8,11-15,17-18,20H,2-7,9-10,16H2,1H3/t18-,20-. The number of ether oxygens (including phenoxy) is 1. The molecular formula is C23H30FNO. The van der Waals surface area contributed by atoms with Gasteiger partial charge in [0.15, 0.2) is 0 Å². The van der Waals surface area contributed by atoms with Crippen molar-refractivity contribution in [3.63, 3.8) is 0 Å². The van der Waals surface area contributed by atoms with Gasteiger partial charge in [0.25, 0.3) is 0 Å². The molecule has 1 aliphatic rings. The SMILES string of the molecule is CCCCOc1ccc([C@H]2CC[C@H](CCc3ccc(F)nc3)CC2)cc1. The highest BCUT2D eigenvalue weighted by Gasteiger charge is 2.22. The van der Waals surface area contributed by atoms with E-state index in [9.17, 15) is 4.39 Å². The Hall–Kier alpha value is -1.90. The largest absolute Gasteiger partial charge is 0.494 e. The fraction of sp³-hybridized carbons (Fsp3) is 0.522. The zero-order valence-electron chi connectivity index (χ0n) is 15.8. The highest BCUT2D eigenvalue weighted by Crippen LogP contribution is 2.37. The van der Waals surface area contributed by atoms with Crippen molar-refractivity contribution >= 4 is 0 Å². The van der Waals surface area contributed by atoms with E-state index in [1.54, 1.807) is 6.20 Å². The number of halogens is 1. The fourth-order valence-electron chi connectivity index (χ4n) is 3.88. The van der Waals surface area contributed by atoms with Gasteiger partial charge in [-0.2, -0.15) is 4.39 Å². The van der Waals surface area contributed by atoms with Crippen LogP contribution in [0.5, 0.6) is 5.75 Å². The van der Waals surface area contributed by atoms with Crippen molar-refractivity contribution in [3.05, 3.63) is 59.7 Å². The minimum Gasteiger partial charge on any atom is -0.494 e. The molecule has 2 aromatic rings. The van der Waals surface area contributed by atoms with Gasteiger partial charge in [0, 0.05) is 6.20 Å². The summed E-state index contributed by atoms with van der Waals surface area (Å²) < 4.78 is 18.6. The lowest BCUT2D eigenvalue weighted by Gasteiger charge is -2.29. The van der Waals surface area contributed by atoms with Gasteiger partial charge in [0.05, 0.1) is 6.61 Å². The summed E-state index contributed by atoms with van der Waals surface area (Å²) in [6.45, 7) is 2.99. The molecule has 0 unspecified atom stereocenters. The van der Waals surface area contributed by atoms with Crippen molar-refractivity contribution in [2.75, 3.05) is 6.61 Å². The van der Waals surface area contributed by atoms with Crippen molar-refractivity contribution in [2.24, 2.45) is 5.92 Å². The van der Waals surface area contributed by atoms with E-state index >= 15 is 0 Å². The summed E-state index contributed by atoms with van der Waals surface area (Å²) in [6, 6.07) is 12.1. The molecule has 1 aromatic carbocycles. The van der Waals surface area contributed by atoms with Gasteiger partial charge in [0.1, 0.15) is 5.75 Å². The molecule has 0 N–H and O–H groups in total. The zero-order chi connectivity index (χ0) is 18.2. The first-order valence-electron chi connectivity index (χ1n) is 10.1. The van der Waals surface area contributed by atoms with Crippen LogP contribution >= 0.6 is 0 Å². The molecule has 1 aliphatic carbocycles. The van der Waals surface area contributed by atoms with E-state index in [0.717, 1.165) is 36.7 Å². The van der Waals surface area contributed by atoms with Crippen molar-refractivity contribution < 1.29 is 9.13 Å². The first kappa shape index (κ1) is 18.9. The first-order valence-corrected chi connectivity index (χ1v) is 10.1. The molecule has 26 heavy (non-hydrogen) atoms. The summed E-state index contributed by atoms with van der Waals surface area (Å²) in [5.74, 6) is 2.07. The zero-order valence-corrected chi connectivity index (χ0v) is 15.8. The molecule has 3 heteroatoms. The van der Waals surface area contributed by atoms with Crippen LogP contribution in [-0.4, -0.2) is 11.6 Å². The number of hydrogen-bond acceptors (Lipinski definition) is 2.